The quantitative estimate of drug-likeness (QED) is 0.728. The highest BCUT2D eigenvalue weighted by Gasteiger charge is 2.40. The van der Waals surface area contributed by atoms with Gasteiger partial charge in [-0.3, -0.25) is 0 Å². The Morgan fingerprint density at radius 2 is 1.83 bits per heavy atom. The lowest BCUT2D eigenvalue weighted by Crippen LogP contribution is -2.49. The van der Waals surface area contributed by atoms with Gasteiger partial charge in [-0.25, -0.2) is 17.9 Å². The summed E-state index contributed by atoms with van der Waals surface area (Å²) >= 11 is 0. The first-order chi connectivity index (χ1) is 13.9. The minimum Gasteiger partial charge on any atom is -0.450 e. The number of hydrogen-bond acceptors (Lipinski definition) is 5. The van der Waals surface area contributed by atoms with Gasteiger partial charge in [0.2, 0.25) is 10.0 Å². The molecule has 1 aliphatic carbocycles. The molecule has 29 heavy (non-hydrogen) atoms. The van der Waals surface area contributed by atoms with E-state index in [1.54, 1.807) is 11.8 Å². The molecule has 1 saturated carbocycles. The van der Waals surface area contributed by atoms with E-state index in [2.05, 4.69) is 29.0 Å². The van der Waals surface area contributed by atoms with Gasteiger partial charge in [0.05, 0.1) is 31.6 Å². The Balaban J connectivity index is 1.56. The third-order valence-electron chi connectivity index (χ3n) is 5.86. The highest BCUT2D eigenvalue weighted by Crippen LogP contribution is 2.34. The van der Waals surface area contributed by atoms with Gasteiger partial charge in [-0.1, -0.05) is 30.3 Å². The molecule has 7 nitrogen and oxygen atoms in total. The number of rotatable bonds is 7. The van der Waals surface area contributed by atoms with Crippen LogP contribution in [0.3, 0.4) is 0 Å². The van der Waals surface area contributed by atoms with Gasteiger partial charge in [-0.05, 0) is 50.5 Å². The molecule has 0 aromatic heterocycles. The maximum absolute atomic E-state index is 12.3. The lowest BCUT2D eigenvalue weighted by Gasteiger charge is -2.32. The molecule has 0 radical (unpaired) electrons. The summed E-state index contributed by atoms with van der Waals surface area (Å²) in [6, 6.07) is 9.86. The molecule has 1 heterocycles. The predicted molar refractivity (Wildman–Crippen MR) is 111 cm³/mol. The second-order valence-corrected chi connectivity index (χ2v) is 9.74. The first-order valence-corrected chi connectivity index (χ1v) is 12.3. The monoisotopic (exact) mass is 424 g/mol. The van der Waals surface area contributed by atoms with Gasteiger partial charge >= 0.3 is 6.09 Å². The number of sulfonamides is 1. The number of nitrogens with zero attached hydrogens (tertiary/aromatic N) is 1. The van der Waals surface area contributed by atoms with Crippen molar-refractivity contribution in [2.75, 3.05) is 26.0 Å². The molecular formula is C21H32N2O5S. The summed E-state index contributed by atoms with van der Waals surface area (Å²) in [6.07, 6.45) is 5.51. The van der Waals surface area contributed by atoms with Crippen LogP contribution in [0, 0.1) is 0 Å². The molecule has 1 aromatic carbocycles. The van der Waals surface area contributed by atoms with Crippen LogP contribution in [0.1, 0.15) is 50.5 Å². The number of amides is 1. The van der Waals surface area contributed by atoms with Crippen LogP contribution in [-0.2, 0) is 19.5 Å². The Kier molecular flexibility index (Phi) is 7.54. The fraction of sp³-hybridized carbons (Fsp3) is 0.667. The van der Waals surface area contributed by atoms with E-state index in [1.807, 2.05) is 6.07 Å². The molecule has 2 aliphatic rings. The molecule has 1 saturated heterocycles. The Hall–Kier alpha value is -1.64. The fourth-order valence-electron chi connectivity index (χ4n) is 4.43. The Morgan fingerprint density at radius 3 is 2.45 bits per heavy atom. The molecule has 8 heteroatoms. The standard InChI is InChI=1S/C21H32N2O5S/c1-3-27-21(24)23-14-13-19(22-29(2,25)26)20(23)15-28-18-11-9-17(10-12-18)16-7-5-4-6-8-16/h4-8,17-20,22H,3,9-15H2,1-2H3/t17-,18+,19-,20-/m0/s1. The zero-order valence-electron chi connectivity index (χ0n) is 17.2. The van der Waals surface area contributed by atoms with E-state index in [4.69, 9.17) is 9.47 Å². The predicted octanol–water partition coefficient (Wildman–Crippen LogP) is 2.88. The van der Waals surface area contributed by atoms with E-state index in [0.717, 1.165) is 31.9 Å². The van der Waals surface area contributed by atoms with Crippen molar-refractivity contribution in [3.05, 3.63) is 35.9 Å². The molecule has 1 amide bonds. The van der Waals surface area contributed by atoms with Crippen molar-refractivity contribution in [1.29, 1.82) is 0 Å². The van der Waals surface area contributed by atoms with E-state index >= 15 is 0 Å². The molecule has 1 aliphatic heterocycles. The molecular weight excluding hydrogens is 392 g/mol. The SMILES string of the molecule is CCOC(=O)N1CC[C@H](NS(C)(=O)=O)[C@@H]1CO[C@H]1CC[C@@H](c2ccccc2)CC1. The molecule has 3 rings (SSSR count). The van der Waals surface area contributed by atoms with Gasteiger partial charge in [0.1, 0.15) is 0 Å². The van der Waals surface area contributed by atoms with E-state index < -0.39 is 16.1 Å². The zero-order valence-corrected chi connectivity index (χ0v) is 18.1. The number of benzene rings is 1. The number of hydrogen-bond donors (Lipinski definition) is 1. The van der Waals surface area contributed by atoms with Crippen molar-refractivity contribution in [3.63, 3.8) is 0 Å². The van der Waals surface area contributed by atoms with Crippen molar-refractivity contribution in [2.45, 2.75) is 63.1 Å². The normalized spacial score (nSPS) is 27.7. The average molecular weight is 425 g/mol. The molecule has 0 unspecified atom stereocenters. The molecule has 2 fully saturated rings. The summed E-state index contributed by atoms with van der Waals surface area (Å²) in [5.41, 5.74) is 1.38. The number of ether oxygens (including phenoxy) is 2. The van der Waals surface area contributed by atoms with Gasteiger partial charge < -0.3 is 14.4 Å². The fourth-order valence-corrected chi connectivity index (χ4v) is 5.25. The molecule has 0 bridgehead atoms. The molecule has 2 atom stereocenters. The first-order valence-electron chi connectivity index (χ1n) is 10.4. The van der Waals surface area contributed by atoms with Crippen molar-refractivity contribution < 1.29 is 22.7 Å². The van der Waals surface area contributed by atoms with Gasteiger partial charge in [-0.15, -0.1) is 0 Å². The second kappa shape index (κ2) is 9.91. The highest BCUT2D eigenvalue weighted by atomic mass is 32.2. The summed E-state index contributed by atoms with van der Waals surface area (Å²) in [5.74, 6) is 0.568. The minimum atomic E-state index is -3.37. The van der Waals surface area contributed by atoms with Crippen molar-refractivity contribution in [3.8, 4) is 0 Å². The molecule has 0 spiro atoms. The minimum absolute atomic E-state index is 0.137. The van der Waals surface area contributed by atoms with Crippen LogP contribution in [0.25, 0.3) is 0 Å². The highest BCUT2D eigenvalue weighted by molar-refractivity contribution is 7.88. The van der Waals surface area contributed by atoms with Crippen LogP contribution >= 0.6 is 0 Å². The summed E-state index contributed by atoms with van der Waals surface area (Å²) in [5, 5.41) is 0. The number of likely N-dealkylation sites (tertiary alicyclic amines) is 1. The Morgan fingerprint density at radius 1 is 1.14 bits per heavy atom. The average Bonchev–Trinajstić information content (AvgIpc) is 3.08. The third-order valence-corrected chi connectivity index (χ3v) is 6.59. The van der Waals surface area contributed by atoms with Crippen molar-refractivity contribution in [1.82, 2.24) is 9.62 Å². The zero-order chi connectivity index (χ0) is 20.9. The Bertz CT molecular complexity index is 763. The Labute approximate surface area is 173 Å². The van der Waals surface area contributed by atoms with Crippen LogP contribution in [0.15, 0.2) is 30.3 Å². The van der Waals surface area contributed by atoms with E-state index in [-0.39, 0.29) is 24.8 Å². The van der Waals surface area contributed by atoms with E-state index in [0.29, 0.717) is 25.5 Å². The summed E-state index contributed by atoms with van der Waals surface area (Å²) in [7, 11) is -3.37. The lowest BCUT2D eigenvalue weighted by atomic mass is 9.83. The van der Waals surface area contributed by atoms with Crippen LogP contribution in [0.5, 0.6) is 0 Å². The molecule has 162 valence electrons. The van der Waals surface area contributed by atoms with Crippen molar-refractivity contribution in [2.24, 2.45) is 0 Å². The lowest BCUT2D eigenvalue weighted by molar-refractivity contribution is -0.00654. The van der Waals surface area contributed by atoms with Crippen LogP contribution in [0.2, 0.25) is 0 Å². The maximum atomic E-state index is 12.3. The van der Waals surface area contributed by atoms with Gasteiger partial charge in [0.15, 0.2) is 0 Å². The summed E-state index contributed by atoms with van der Waals surface area (Å²) in [4.78, 5) is 13.9. The van der Waals surface area contributed by atoms with Crippen molar-refractivity contribution >= 4 is 16.1 Å². The van der Waals surface area contributed by atoms with E-state index in [1.165, 1.54) is 5.56 Å². The summed E-state index contributed by atoms with van der Waals surface area (Å²) < 4.78 is 37.4. The molecule has 1 aromatic rings. The van der Waals surface area contributed by atoms with Gasteiger partial charge in [-0.2, -0.15) is 0 Å². The van der Waals surface area contributed by atoms with Gasteiger partial charge in [0, 0.05) is 12.6 Å². The van der Waals surface area contributed by atoms with Crippen LogP contribution < -0.4 is 4.72 Å². The molecule has 1 N–H and O–H groups in total. The summed E-state index contributed by atoms with van der Waals surface area (Å²) in [6.45, 7) is 2.82. The second-order valence-electron chi connectivity index (χ2n) is 7.96. The topological polar surface area (TPSA) is 84.9 Å². The smallest absolute Gasteiger partial charge is 0.410 e. The maximum Gasteiger partial charge on any atom is 0.410 e. The third kappa shape index (κ3) is 6.17. The number of carbonyl (C=O) groups excluding carboxylic acids is 1. The van der Waals surface area contributed by atoms with Gasteiger partial charge in [0.25, 0.3) is 0 Å². The van der Waals surface area contributed by atoms with Crippen LogP contribution in [-0.4, -0.2) is 63.6 Å². The first kappa shape index (κ1) is 22.1. The van der Waals surface area contributed by atoms with E-state index in [9.17, 15) is 13.2 Å². The number of carbonyl (C=O) groups is 1. The van der Waals surface area contributed by atoms with Crippen LogP contribution in [0.4, 0.5) is 4.79 Å². The largest absolute Gasteiger partial charge is 0.450 e. The number of nitrogens with one attached hydrogen (secondary N) is 1.